The Balaban J connectivity index is 1.38. The second-order valence-corrected chi connectivity index (χ2v) is 8.80. The van der Waals surface area contributed by atoms with Crippen molar-refractivity contribution in [2.24, 2.45) is 0 Å². The van der Waals surface area contributed by atoms with Crippen molar-refractivity contribution in [3.8, 4) is 0 Å². The molecule has 2 fully saturated rings. The number of nitrogens with zero attached hydrogens (tertiary/aromatic N) is 3. The number of anilines is 2. The SMILES string of the molecule is O=C1NCCN(C(=S)Nc2cccc(C(F)(F)F)c2)[C@@H]1CC(=O)N1CCN(c2ccccc2)CC1. The lowest BCUT2D eigenvalue weighted by atomic mass is 10.1. The highest BCUT2D eigenvalue weighted by Crippen LogP contribution is 2.31. The summed E-state index contributed by atoms with van der Waals surface area (Å²) in [6.45, 7) is 3.11. The van der Waals surface area contributed by atoms with Crippen LogP contribution in [0.15, 0.2) is 54.6 Å². The Morgan fingerprint density at radius 3 is 2.43 bits per heavy atom. The van der Waals surface area contributed by atoms with E-state index in [0.29, 0.717) is 39.3 Å². The lowest BCUT2D eigenvalue weighted by Gasteiger charge is -2.39. The Hall–Kier alpha value is -3.34. The van der Waals surface area contributed by atoms with Crippen LogP contribution in [0, 0.1) is 0 Å². The average Bonchev–Trinajstić information content (AvgIpc) is 2.85. The van der Waals surface area contributed by atoms with Crippen molar-refractivity contribution < 1.29 is 22.8 Å². The van der Waals surface area contributed by atoms with E-state index < -0.39 is 17.8 Å². The summed E-state index contributed by atoms with van der Waals surface area (Å²) in [5.74, 6) is -0.493. The number of hydrogen-bond acceptors (Lipinski definition) is 4. The molecule has 2 aliphatic heterocycles. The summed E-state index contributed by atoms with van der Waals surface area (Å²) in [5, 5.41) is 5.65. The number of amides is 2. The Kier molecular flexibility index (Phi) is 7.44. The molecule has 0 saturated carbocycles. The van der Waals surface area contributed by atoms with Crippen LogP contribution in [-0.2, 0) is 15.8 Å². The lowest BCUT2D eigenvalue weighted by Crippen LogP contribution is -2.60. The molecule has 0 spiro atoms. The predicted octanol–water partition coefficient (Wildman–Crippen LogP) is 2.94. The minimum atomic E-state index is -4.48. The number of carbonyl (C=O) groups excluding carboxylic acids is 2. The number of hydrogen-bond donors (Lipinski definition) is 2. The summed E-state index contributed by atoms with van der Waals surface area (Å²) < 4.78 is 39.1. The van der Waals surface area contributed by atoms with E-state index >= 15 is 0 Å². The van der Waals surface area contributed by atoms with Gasteiger partial charge in [-0.1, -0.05) is 24.3 Å². The van der Waals surface area contributed by atoms with Gasteiger partial charge >= 0.3 is 6.18 Å². The summed E-state index contributed by atoms with van der Waals surface area (Å²) >= 11 is 5.42. The molecular weight excluding hydrogens is 479 g/mol. The minimum Gasteiger partial charge on any atom is -0.368 e. The van der Waals surface area contributed by atoms with E-state index in [9.17, 15) is 22.8 Å². The number of nitrogens with one attached hydrogen (secondary N) is 2. The van der Waals surface area contributed by atoms with Crippen LogP contribution in [0.3, 0.4) is 0 Å². The third-order valence-corrected chi connectivity index (χ3v) is 6.49. The van der Waals surface area contributed by atoms with Gasteiger partial charge in [0.2, 0.25) is 11.8 Å². The highest BCUT2D eigenvalue weighted by Gasteiger charge is 2.35. The molecule has 35 heavy (non-hydrogen) atoms. The van der Waals surface area contributed by atoms with E-state index in [1.54, 1.807) is 9.80 Å². The van der Waals surface area contributed by atoms with E-state index in [1.165, 1.54) is 12.1 Å². The molecule has 2 saturated heterocycles. The Bertz CT molecular complexity index is 1070. The molecule has 1 atom stereocenters. The number of alkyl halides is 3. The zero-order valence-corrected chi connectivity index (χ0v) is 19.7. The molecule has 0 unspecified atom stereocenters. The van der Waals surface area contributed by atoms with Crippen LogP contribution in [0.4, 0.5) is 24.5 Å². The van der Waals surface area contributed by atoms with Gasteiger partial charge < -0.3 is 25.3 Å². The lowest BCUT2D eigenvalue weighted by molar-refractivity contribution is -0.137. The number of halogens is 3. The van der Waals surface area contributed by atoms with Gasteiger partial charge in [0.15, 0.2) is 5.11 Å². The van der Waals surface area contributed by atoms with Gasteiger partial charge in [-0.3, -0.25) is 9.59 Å². The van der Waals surface area contributed by atoms with Gasteiger partial charge in [0.05, 0.1) is 12.0 Å². The van der Waals surface area contributed by atoms with E-state index in [2.05, 4.69) is 15.5 Å². The Morgan fingerprint density at radius 2 is 1.74 bits per heavy atom. The first-order valence-electron chi connectivity index (χ1n) is 11.3. The van der Waals surface area contributed by atoms with Crippen LogP contribution in [0.5, 0.6) is 0 Å². The van der Waals surface area contributed by atoms with Gasteiger partial charge in [-0.2, -0.15) is 13.2 Å². The Labute approximate surface area is 206 Å². The molecule has 2 aromatic rings. The molecule has 0 radical (unpaired) electrons. The van der Waals surface area contributed by atoms with Gasteiger partial charge in [-0.15, -0.1) is 0 Å². The number of piperazine rings is 2. The van der Waals surface area contributed by atoms with E-state index in [0.717, 1.165) is 17.8 Å². The van der Waals surface area contributed by atoms with E-state index in [-0.39, 0.29) is 29.0 Å². The van der Waals surface area contributed by atoms with Gasteiger partial charge in [0.25, 0.3) is 0 Å². The van der Waals surface area contributed by atoms with Crippen molar-refractivity contribution in [1.29, 1.82) is 0 Å². The molecule has 2 amide bonds. The van der Waals surface area contributed by atoms with Crippen molar-refractivity contribution in [3.63, 3.8) is 0 Å². The van der Waals surface area contributed by atoms with Crippen molar-refractivity contribution >= 4 is 40.5 Å². The molecule has 2 heterocycles. The maximum Gasteiger partial charge on any atom is 0.416 e. The first-order chi connectivity index (χ1) is 16.7. The maximum absolute atomic E-state index is 13.0. The molecule has 4 rings (SSSR count). The molecule has 0 aromatic heterocycles. The highest BCUT2D eigenvalue weighted by atomic mass is 32.1. The van der Waals surface area contributed by atoms with Crippen molar-refractivity contribution in [1.82, 2.24) is 15.1 Å². The molecular formula is C24H26F3N5O2S. The van der Waals surface area contributed by atoms with Crippen molar-refractivity contribution in [3.05, 3.63) is 60.2 Å². The highest BCUT2D eigenvalue weighted by molar-refractivity contribution is 7.80. The third kappa shape index (κ3) is 6.02. The van der Waals surface area contributed by atoms with Crippen LogP contribution in [0.25, 0.3) is 0 Å². The summed E-state index contributed by atoms with van der Waals surface area (Å²) in [7, 11) is 0. The van der Waals surface area contributed by atoms with Crippen LogP contribution in [-0.4, -0.2) is 72.0 Å². The van der Waals surface area contributed by atoms with E-state index in [4.69, 9.17) is 12.2 Å². The standard InChI is InChI=1S/C24H26F3N5O2S/c25-24(26,27)17-5-4-6-18(15-17)29-23(35)32-10-9-28-22(34)20(32)16-21(33)31-13-11-30(12-14-31)19-7-2-1-3-8-19/h1-8,15,20H,9-14,16H2,(H,28,34)(H,29,35)/t20-/m1/s1. The Morgan fingerprint density at radius 1 is 1.03 bits per heavy atom. The van der Waals surface area contributed by atoms with E-state index in [1.807, 2.05) is 30.3 Å². The third-order valence-electron chi connectivity index (χ3n) is 6.15. The maximum atomic E-state index is 13.0. The largest absolute Gasteiger partial charge is 0.416 e. The predicted molar refractivity (Wildman–Crippen MR) is 131 cm³/mol. The molecule has 2 N–H and O–H groups in total. The van der Waals surface area contributed by atoms with Gasteiger partial charge in [-0.25, -0.2) is 0 Å². The van der Waals surface area contributed by atoms with Gasteiger partial charge in [0.1, 0.15) is 6.04 Å². The molecule has 0 bridgehead atoms. The zero-order valence-electron chi connectivity index (χ0n) is 18.9. The van der Waals surface area contributed by atoms with Gasteiger partial charge in [0, 0.05) is 50.6 Å². The second-order valence-electron chi connectivity index (χ2n) is 8.42. The number of benzene rings is 2. The smallest absolute Gasteiger partial charge is 0.368 e. The van der Waals surface area contributed by atoms with Crippen LogP contribution < -0.4 is 15.5 Å². The first-order valence-corrected chi connectivity index (χ1v) is 11.7. The molecule has 186 valence electrons. The normalized spacial score (nSPS) is 18.8. The second kappa shape index (κ2) is 10.5. The van der Waals surface area contributed by atoms with Crippen molar-refractivity contribution in [2.45, 2.75) is 18.6 Å². The molecule has 0 aliphatic carbocycles. The topological polar surface area (TPSA) is 67.9 Å². The minimum absolute atomic E-state index is 0.0679. The summed E-state index contributed by atoms with van der Waals surface area (Å²) in [6.07, 6.45) is -4.55. The monoisotopic (exact) mass is 505 g/mol. The summed E-state index contributed by atoms with van der Waals surface area (Å²) in [5.41, 5.74) is 0.462. The van der Waals surface area contributed by atoms with Crippen molar-refractivity contribution in [2.75, 3.05) is 49.5 Å². The molecule has 2 aliphatic rings. The fraction of sp³-hybridized carbons (Fsp3) is 0.375. The quantitative estimate of drug-likeness (QED) is 0.623. The molecule has 11 heteroatoms. The van der Waals surface area contributed by atoms with Crippen LogP contribution >= 0.6 is 12.2 Å². The number of carbonyl (C=O) groups is 2. The number of rotatable bonds is 4. The van der Waals surface area contributed by atoms with Crippen LogP contribution in [0.2, 0.25) is 0 Å². The number of para-hydroxylation sites is 1. The van der Waals surface area contributed by atoms with Gasteiger partial charge in [-0.05, 0) is 42.5 Å². The van der Waals surface area contributed by atoms with Crippen LogP contribution in [0.1, 0.15) is 12.0 Å². The number of thiocarbonyl (C=S) groups is 1. The summed E-state index contributed by atoms with van der Waals surface area (Å²) in [6, 6.07) is 13.8. The average molecular weight is 506 g/mol. The fourth-order valence-electron chi connectivity index (χ4n) is 4.28. The molecule has 7 nitrogen and oxygen atoms in total. The zero-order chi connectivity index (χ0) is 25.0. The summed E-state index contributed by atoms with van der Waals surface area (Å²) in [4.78, 5) is 31.2. The first kappa shape index (κ1) is 24.8. The molecule has 2 aromatic carbocycles. The fourth-order valence-corrected chi connectivity index (χ4v) is 4.61.